The van der Waals surface area contributed by atoms with Crippen molar-refractivity contribution in [2.75, 3.05) is 13.7 Å². The molecule has 1 fully saturated rings. The predicted octanol–water partition coefficient (Wildman–Crippen LogP) is 3.97. The Bertz CT molecular complexity index is 785. The normalized spacial score (nSPS) is 25.4. The van der Waals surface area contributed by atoms with Crippen molar-refractivity contribution in [3.05, 3.63) is 34.6 Å². The van der Waals surface area contributed by atoms with Crippen molar-refractivity contribution in [1.29, 1.82) is 0 Å². The number of hydrogen-bond donors (Lipinski definition) is 2. The average molecular weight is 399 g/mol. The topological polar surface area (TPSA) is 67.8 Å². The van der Waals surface area contributed by atoms with E-state index in [9.17, 15) is 23.1 Å². The smallest absolute Gasteiger partial charge is 0.422 e. The summed E-state index contributed by atoms with van der Waals surface area (Å²) in [5, 5.41) is 13.9. The molecule has 8 heteroatoms. The maximum Gasteiger partial charge on any atom is 0.422 e. The molecule has 2 N–H and O–H groups in total. The first-order chi connectivity index (χ1) is 13.1. The minimum Gasteiger partial charge on any atom is -0.509 e. The standard InChI is InChI=1S/C20H24F3NO4/c1-11-8-14(28-10-20(21,22)23)9-12(2)15(11)16-17(25)19(24-18(16)26)6-4-13(27-3)5-7-19/h8-9,13,25H,4-7,10H2,1-3H3,(H,24,26). The zero-order valence-corrected chi connectivity index (χ0v) is 16.1. The summed E-state index contributed by atoms with van der Waals surface area (Å²) in [6.07, 6.45) is -1.76. The Balaban J connectivity index is 1.93. The minimum absolute atomic E-state index is 0.00205. The summed E-state index contributed by atoms with van der Waals surface area (Å²) in [6.45, 7) is 1.98. The van der Waals surface area contributed by atoms with Gasteiger partial charge in [-0.2, -0.15) is 13.2 Å². The van der Waals surface area contributed by atoms with E-state index in [2.05, 4.69) is 5.32 Å². The SMILES string of the molecule is COC1CCC2(CC1)NC(=O)C(c1c(C)cc(OCC(F)(F)F)cc1C)=C2O. The number of hydrogen-bond acceptors (Lipinski definition) is 4. The number of rotatable bonds is 4. The van der Waals surface area contributed by atoms with Gasteiger partial charge in [-0.3, -0.25) is 4.79 Å². The lowest BCUT2D eigenvalue weighted by Gasteiger charge is -2.36. The molecule has 2 aliphatic rings. The van der Waals surface area contributed by atoms with E-state index >= 15 is 0 Å². The van der Waals surface area contributed by atoms with Crippen LogP contribution >= 0.6 is 0 Å². The number of methoxy groups -OCH3 is 1. The second-order valence-corrected chi connectivity index (χ2v) is 7.53. The number of carbonyl (C=O) groups excluding carboxylic acids is 1. The lowest BCUT2D eigenvalue weighted by molar-refractivity contribution is -0.153. The van der Waals surface area contributed by atoms with Crippen LogP contribution in [0.5, 0.6) is 5.75 Å². The second kappa shape index (κ2) is 7.31. The monoisotopic (exact) mass is 399 g/mol. The fraction of sp³-hybridized carbons (Fsp3) is 0.550. The molecule has 0 bridgehead atoms. The van der Waals surface area contributed by atoms with Crippen LogP contribution in [-0.2, 0) is 9.53 Å². The number of nitrogens with one attached hydrogen (secondary N) is 1. The van der Waals surface area contributed by atoms with Gasteiger partial charge >= 0.3 is 6.18 Å². The van der Waals surface area contributed by atoms with Crippen LogP contribution in [0.15, 0.2) is 17.9 Å². The van der Waals surface area contributed by atoms with Crippen molar-refractivity contribution in [3.63, 3.8) is 0 Å². The molecule has 1 spiro atoms. The fourth-order valence-electron chi connectivity index (χ4n) is 4.17. The number of aliphatic hydroxyl groups is 1. The van der Waals surface area contributed by atoms with Gasteiger partial charge in [-0.25, -0.2) is 0 Å². The molecule has 1 heterocycles. The highest BCUT2D eigenvalue weighted by molar-refractivity contribution is 6.24. The van der Waals surface area contributed by atoms with Crippen LogP contribution < -0.4 is 10.1 Å². The fourth-order valence-corrected chi connectivity index (χ4v) is 4.17. The van der Waals surface area contributed by atoms with Gasteiger partial charge in [0.2, 0.25) is 0 Å². The predicted molar refractivity (Wildman–Crippen MR) is 97.2 cm³/mol. The van der Waals surface area contributed by atoms with Crippen LogP contribution in [-0.4, -0.2) is 42.5 Å². The number of aryl methyl sites for hydroxylation is 2. The molecule has 1 amide bonds. The van der Waals surface area contributed by atoms with E-state index in [0.717, 1.165) is 12.8 Å². The van der Waals surface area contributed by atoms with Gasteiger partial charge in [-0.1, -0.05) is 0 Å². The van der Waals surface area contributed by atoms with Gasteiger partial charge in [-0.05, 0) is 68.4 Å². The number of carbonyl (C=O) groups is 1. The molecule has 0 saturated heterocycles. The molecule has 1 aliphatic heterocycles. The molecule has 0 radical (unpaired) electrons. The van der Waals surface area contributed by atoms with Crippen molar-refractivity contribution >= 4 is 11.5 Å². The quantitative estimate of drug-likeness (QED) is 0.804. The Hall–Kier alpha value is -2.22. The zero-order chi connectivity index (χ0) is 20.7. The Morgan fingerprint density at radius 1 is 1.21 bits per heavy atom. The van der Waals surface area contributed by atoms with Crippen molar-refractivity contribution < 1.29 is 32.5 Å². The van der Waals surface area contributed by atoms with Gasteiger partial charge in [0.1, 0.15) is 11.5 Å². The highest BCUT2D eigenvalue weighted by atomic mass is 19.4. The van der Waals surface area contributed by atoms with E-state index in [-0.39, 0.29) is 29.1 Å². The summed E-state index contributed by atoms with van der Waals surface area (Å²) in [6, 6.07) is 2.91. The highest BCUT2D eigenvalue weighted by Crippen LogP contribution is 2.43. The first-order valence-electron chi connectivity index (χ1n) is 9.16. The molecule has 3 rings (SSSR count). The van der Waals surface area contributed by atoms with Crippen molar-refractivity contribution in [1.82, 2.24) is 5.32 Å². The molecule has 0 aromatic heterocycles. The third-order valence-electron chi connectivity index (χ3n) is 5.55. The summed E-state index contributed by atoms with van der Waals surface area (Å²) in [5.41, 5.74) is 1.05. The van der Waals surface area contributed by atoms with Gasteiger partial charge < -0.3 is 19.9 Å². The number of benzene rings is 1. The first kappa shape index (κ1) is 20.5. The van der Waals surface area contributed by atoms with Crippen LogP contribution in [0.25, 0.3) is 5.57 Å². The first-order valence-corrected chi connectivity index (χ1v) is 9.16. The van der Waals surface area contributed by atoms with E-state index < -0.39 is 18.3 Å². The lowest BCUT2D eigenvalue weighted by Crippen LogP contribution is -2.48. The Labute approximate surface area is 161 Å². The molecule has 5 nitrogen and oxygen atoms in total. The average Bonchev–Trinajstić information content (AvgIpc) is 2.84. The van der Waals surface area contributed by atoms with E-state index in [4.69, 9.17) is 9.47 Å². The summed E-state index contributed by atoms with van der Waals surface area (Å²) >= 11 is 0. The van der Waals surface area contributed by atoms with E-state index in [0.29, 0.717) is 29.5 Å². The van der Waals surface area contributed by atoms with Crippen LogP contribution in [0.3, 0.4) is 0 Å². The third-order valence-corrected chi connectivity index (χ3v) is 5.55. The van der Waals surface area contributed by atoms with Gasteiger partial charge in [-0.15, -0.1) is 0 Å². The van der Waals surface area contributed by atoms with Gasteiger partial charge in [0.15, 0.2) is 6.61 Å². The Morgan fingerprint density at radius 3 is 2.29 bits per heavy atom. The van der Waals surface area contributed by atoms with Crippen molar-refractivity contribution in [2.24, 2.45) is 0 Å². The van der Waals surface area contributed by atoms with Crippen molar-refractivity contribution in [3.8, 4) is 5.75 Å². The molecule has 1 aliphatic carbocycles. The number of halogens is 3. The molecule has 1 saturated carbocycles. The van der Waals surface area contributed by atoms with Crippen LogP contribution in [0, 0.1) is 13.8 Å². The van der Waals surface area contributed by atoms with Crippen LogP contribution in [0.1, 0.15) is 42.4 Å². The number of alkyl halides is 3. The van der Waals surface area contributed by atoms with Gasteiger partial charge in [0.25, 0.3) is 5.91 Å². The Kier molecular flexibility index (Phi) is 5.36. The molecule has 154 valence electrons. The van der Waals surface area contributed by atoms with Gasteiger partial charge in [0, 0.05) is 7.11 Å². The minimum atomic E-state index is -4.43. The zero-order valence-electron chi connectivity index (χ0n) is 16.1. The van der Waals surface area contributed by atoms with Crippen LogP contribution in [0.4, 0.5) is 13.2 Å². The number of amides is 1. The molecule has 1 aromatic rings. The summed E-state index contributed by atoms with van der Waals surface area (Å²) in [4.78, 5) is 12.7. The highest BCUT2D eigenvalue weighted by Gasteiger charge is 2.48. The molecule has 1 aromatic carbocycles. The molecular formula is C20H24F3NO4. The maximum atomic E-state index is 12.7. The second-order valence-electron chi connectivity index (χ2n) is 7.53. The lowest BCUT2D eigenvalue weighted by atomic mass is 9.79. The molecule has 0 unspecified atom stereocenters. The van der Waals surface area contributed by atoms with Crippen LogP contribution in [0.2, 0.25) is 0 Å². The summed E-state index contributed by atoms with van der Waals surface area (Å²) in [5.74, 6) is -0.296. The molecular weight excluding hydrogens is 375 g/mol. The van der Waals surface area contributed by atoms with Gasteiger partial charge in [0.05, 0.1) is 17.2 Å². The number of aliphatic hydroxyl groups excluding tert-OH is 1. The van der Waals surface area contributed by atoms with Crippen molar-refractivity contribution in [2.45, 2.75) is 57.3 Å². The van der Waals surface area contributed by atoms with E-state index in [1.54, 1.807) is 21.0 Å². The Morgan fingerprint density at radius 2 is 1.79 bits per heavy atom. The maximum absolute atomic E-state index is 12.7. The van der Waals surface area contributed by atoms with E-state index in [1.165, 1.54) is 12.1 Å². The number of ether oxygens (including phenoxy) is 2. The summed E-state index contributed by atoms with van der Waals surface area (Å²) < 4.78 is 47.4. The summed E-state index contributed by atoms with van der Waals surface area (Å²) in [7, 11) is 1.64. The molecule has 28 heavy (non-hydrogen) atoms. The van der Waals surface area contributed by atoms with E-state index in [1.807, 2.05) is 0 Å². The molecule has 0 atom stereocenters. The largest absolute Gasteiger partial charge is 0.509 e. The third kappa shape index (κ3) is 3.83.